The third kappa shape index (κ3) is 5.69. The van der Waals surface area contributed by atoms with Crippen LogP contribution in [0.25, 0.3) is 0 Å². The third-order valence-corrected chi connectivity index (χ3v) is 3.09. The second-order valence-corrected chi connectivity index (χ2v) is 5.06. The van der Waals surface area contributed by atoms with E-state index >= 15 is 0 Å². The normalized spacial score (nSPS) is 13.3. The number of ketones is 1. The van der Waals surface area contributed by atoms with Gasteiger partial charge in [0.1, 0.15) is 6.10 Å². The van der Waals surface area contributed by atoms with Crippen LogP contribution in [0.2, 0.25) is 10.0 Å². The van der Waals surface area contributed by atoms with E-state index in [4.69, 9.17) is 27.9 Å². The van der Waals surface area contributed by atoms with Gasteiger partial charge in [0.25, 0.3) is 0 Å². The Kier molecular flexibility index (Phi) is 6.30. The van der Waals surface area contributed by atoms with Crippen LogP contribution >= 0.6 is 23.2 Å². The Morgan fingerprint density at radius 3 is 2.55 bits per heavy atom. The topological polar surface area (TPSA) is 26.3 Å². The molecule has 0 bridgehead atoms. The molecule has 0 aliphatic carbocycles. The van der Waals surface area contributed by atoms with Gasteiger partial charge in [-0.15, -0.1) is 0 Å². The highest BCUT2D eigenvalue weighted by molar-refractivity contribution is 6.37. The van der Waals surface area contributed by atoms with Crippen molar-refractivity contribution in [1.82, 2.24) is 0 Å². The van der Waals surface area contributed by atoms with E-state index in [9.17, 15) is 18.0 Å². The van der Waals surface area contributed by atoms with Crippen LogP contribution in [0.4, 0.5) is 13.2 Å². The van der Waals surface area contributed by atoms with E-state index < -0.39 is 24.5 Å². The molecule has 1 aromatic rings. The van der Waals surface area contributed by atoms with Crippen molar-refractivity contribution in [2.45, 2.75) is 32.0 Å². The molecule has 1 unspecified atom stereocenters. The molecule has 1 aromatic carbocycles. The van der Waals surface area contributed by atoms with E-state index in [1.165, 1.54) is 25.1 Å². The summed E-state index contributed by atoms with van der Waals surface area (Å²) < 4.78 is 40.9. The summed E-state index contributed by atoms with van der Waals surface area (Å²) in [6.07, 6.45) is -6.19. The number of rotatable bonds is 6. The van der Waals surface area contributed by atoms with E-state index in [1.807, 2.05) is 0 Å². The van der Waals surface area contributed by atoms with Crippen molar-refractivity contribution in [2.24, 2.45) is 0 Å². The first-order chi connectivity index (χ1) is 9.20. The Hall–Kier alpha value is -0.780. The standard InChI is InChI=1S/C13H13Cl2F3O2/c1-8(20-6-2-5-13(16,17)18)12(19)10-4-3-9(14)7-11(10)15/h3-4,7-8H,2,5-6H2,1H3. The number of carbonyl (C=O) groups is 1. The largest absolute Gasteiger partial charge is 0.389 e. The lowest BCUT2D eigenvalue weighted by atomic mass is 10.1. The molecule has 0 spiro atoms. The molecule has 20 heavy (non-hydrogen) atoms. The number of Topliss-reactive ketones (excluding diaryl/α,β-unsaturated/α-hetero) is 1. The van der Waals surface area contributed by atoms with E-state index in [0.29, 0.717) is 5.02 Å². The molecule has 112 valence electrons. The minimum Gasteiger partial charge on any atom is -0.370 e. The lowest BCUT2D eigenvalue weighted by Gasteiger charge is -2.13. The summed E-state index contributed by atoms with van der Waals surface area (Å²) in [7, 11) is 0. The fraction of sp³-hybridized carbons (Fsp3) is 0.462. The molecule has 0 aliphatic heterocycles. The minimum absolute atomic E-state index is 0.141. The smallest absolute Gasteiger partial charge is 0.370 e. The van der Waals surface area contributed by atoms with Crippen molar-refractivity contribution in [2.75, 3.05) is 6.61 Å². The highest BCUT2D eigenvalue weighted by atomic mass is 35.5. The molecule has 2 nitrogen and oxygen atoms in total. The van der Waals surface area contributed by atoms with Crippen LogP contribution in [0, 0.1) is 0 Å². The Balaban J connectivity index is 2.51. The second kappa shape index (κ2) is 7.29. The van der Waals surface area contributed by atoms with Gasteiger partial charge in [-0.3, -0.25) is 4.79 Å². The average Bonchev–Trinajstić information content (AvgIpc) is 2.32. The first-order valence-corrected chi connectivity index (χ1v) is 6.64. The zero-order valence-corrected chi connectivity index (χ0v) is 12.1. The van der Waals surface area contributed by atoms with Crippen molar-refractivity contribution >= 4 is 29.0 Å². The monoisotopic (exact) mass is 328 g/mol. The Morgan fingerprint density at radius 1 is 1.35 bits per heavy atom. The molecule has 0 heterocycles. The third-order valence-electron chi connectivity index (χ3n) is 2.54. The molecule has 7 heteroatoms. The van der Waals surface area contributed by atoms with Crippen LogP contribution < -0.4 is 0 Å². The number of hydrogen-bond acceptors (Lipinski definition) is 2. The molecule has 0 N–H and O–H groups in total. The second-order valence-electron chi connectivity index (χ2n) is 4.22. The molecule has 1 atom stereocenters. The lowest BCUT2D eigenvalue weighted by Crippen LogP contribution is -2.22. The summed E-state index contributed by atoms with van der Waals surface area (Å²) in [4.78, 5) is 12.0. The maximum Gasteiger partial charge on any atom is 0.389 e. The molecule has 0 radical (unpaired) electrons. The SMILES string of the molecule is CC(OCCCC(F)(F)F)C(=O)c1ccc(Cl)cc1Cl. The summed E-state index contributed by atoms with van der Waals surface area (Å²) >= 11 is 11.6. The van der Waals surface area contributed by atoms with Crippen LogP contribution in [0.15, 0.2) is 18.2 Å². The van der Waals surface area contributed by atoms with E-state index in [1.54, 1.807) is 0 Å². The van der Waals surface area contributed by atoms with Gasteiger partial charge in [0.15, 0.2) is 5.78 Å². The zero-order valence-electron chi connectivity index (χ0n) is 10.6. The number of carbonyl (C=O) groups excluding carboxylic acids is 1. The van der Waals surface area contributed by atoms with Gasteiger partial charge in [-0.25, -0.2) is 0 Å². The molecule has 0 fully saturated rings. The van der Waals surface area contributed by atoms with E-state index in [2.05, 4.69) is 0 Å². The van der Waals surface area contributed by atoms with Crippen LogP contribution in [-0.2, 0) is 4.74 Å². The fourth-order valence-electron chi connectivity index (χ4n) is 1.52. The number of hydrogen-bond donors (Lipinski definition) is 0. The summed E-state index contributed by atoms with van der Waals surface area (Å²) in [5, 5.41) is 0.582. The maximum atomic E-state index is 12.0. The summed E-state index contributed by atoms with van der Waals surface area (Å²) in [6.45, 7) is 1.33. The first kappa shape index (κ1) is 17.3. The Bertz CT molecular complexity index is 475. The van der Waals surface area contributed by atoms with Crippen LogP contribution in [0.5, 0.6) is 0 Å². The predicted octanol–water partition coefficient (Wildman–Crippen LogP) is 4.92. The van der Waals surface area contributed by atoms with Gasteiger partial charge >= 0.3 is 6.18 Å². The van der Waals surface area contributed by atoms with Gasteiger partial charge in [0.2, 0.25) is 0 Å². The molecule has 0 aliphatic rings. The van der Waals surface area contributed by atoms with Crippen molar-refractivity contribution in [3.8, 4) is 0 Å². The van der Waals surface area contributed by atoms with Crippen LogP contribution in [-0.4, -0.2) is 24.7 Å². The van der Waals surface area contributed by atoms with Gasteiger partial charge < -0.3 is 4.74 Å². The highest BCUT2D eigenvalue weighted by Crippen LogP contribution is 2.23. The summed E-state index contributed by atoms with van der Waals surface area (Å²) in [5.74, 6) is -0.390. The number of ether oxygens (including phenoxy) is 1. The van der Waals surface area contributed by atoms with Gasteiger partial charge in [-0.2, -0.15) is 13.2 Å². The van der Waals surface area contributed by atoms with Crippen molar-refractivity contribution in [1.29, 1.82) is 0 Å². The van der Waals surface area contributed by atoms with E-state index in [-0.39, 0.29) is 23.6 Å². The first-order valence-electron chi connectivity index (χ1n) is 5.88. The predicted molar refractivity (Wildman–Crippen MR) is 71.5 cm³/mol. The number of alkyl halides is 3. The highest BCUT2D eigenvalue weighted by Gasteiger charge is 2.26. The molecule has 1 rings (SSSR count). The van der Waals surface area contributed by atoms with Crippen molar-refractivity contribution in [3.63, 3.8) is 0 Å². The molecule has 0 aromatic heterocycles. The van der Waals surface area contributed by atoms with Crippen molar-refractivity contribution < 1.29 is 22.7 Å². The van der Waals surface area contributed by atoms with Gasteiger partial charge in [0.05, 0.1) is 5.02 Å². The summed E-state index contributed by atoms with van der Waals surface area (Å²) in [6, 6.07) is 4.40. The number of halogens is 5. The molecular formula is C13H13Cl2F3O2. The van der Waals surface area contributed by atoms with Crippen LogP contribution in [0.1, 0.15) is 30.1 Å². The number of benzene rings is 1. The molecule has 0 saturated carbocycles. The molecule has 0 saturated heterocycles. The Labute approximate surface area is 124 Å². The minimum atomic E-state index is -4.21. The fourth-order valence-corrected chi connectivity index (χ4v) is 2.02. The summed E-state index contributed by atoms with van der Waals surface area (Å²) in [5.41, 5.74) is 0.236. The molecular weight excluding hydrogens is 316 g/mol. The quantitative estimate of drug-likeness (QED) is 0.547. The van der Waals surface area contributed by atoms with Gasteiger partial charge in [-0.1, -0.05) is 23.2 Å². The van der Waals surface area contributed by atoms with E-state index in [0.717, 1.165) is 0 Å². The lowest BCUT2D eigenvalue weighted by molar-refractivity contribution is -0.138. The van der Waals surface area contributed by atoms with Gasteiger partial charge in [-0.05, 0) is 31.5 Å². The Morgan fingerprint density at radius 2 is 2.00 bits per heavy atom. The maximum absolute atomic E-state index is 12.0. The average molecular weight is 329 g/mol. The van der Waals surface area contributed by atoms with Gasteiger partial charge in [0, 0.05) is 23.6 Å². The zero-order chi connectivity index (χ0) is 15.3. The van der Waals surface area contributed by atoms with Crippen molar-refractivity contribution in [3.05, 3.63) is 33.8 Å². The van der Waals surface area contributed by atoms with Crippen LogP contribution in [0.3, 0.4) is 0 Å². The molecule has 0 amide bonds.